The van der Waals surface area contributed by atoms with Crippen LogP contribution in [0, 0.1) is 0 Å². The summed E-state index contributed by atoms with van der Waals surface area (Å²) in [5.74, 6) is 0.157. The van der Waals surface area contributed by atoms with Crippen LogP contribution in [0.15, 0.2) is 55.9 Å². The molecule has 0 radical (unpaired) electrons. The number of phenolic OH excluding ortho intramolecular Hbond substituents is 1. The van der Waals surface area contributed by atoms with Crippen molar-refractivity contribution in [3.8, 4) is 11.5 Å². The lowest BCUT2D eigenvalue weighted by Gasteiger charge is -2.05. The lowest BCUT2D eigenvalue weighted by molar-refractivity contribution is 0.373. The second-order valence-electron chi connectivity index (χ2n) is 4.18. The van der Waals surface area contributed by atoms with Crippen molar-refractivity contribution in [1.29, 1.82) is 0 Å². The van der Waals surface area contributed by atoms with Gasteiger partial charge < -0.3 is 14.3 Å². The molecular formula is C14H11N3O3S. The van der Waals surface area contributed by atoms with E-state index >= 15 is 0 Å². The number of hydrogen-bond acceptors (Lipinski definition) is 7. The van der Waals surface area contributed by atoms with Crippen LogP contribution < -0.4 is 4.74 Å². The van der Waals surface area contributed by atoms with Crippen molar-refractivity contribution in [2.75, 3.05) is 7.11 Å². The molecule has 0 saturated heterocycles. The van der Waals surface area contributed by atoms with Gasteiger partial charge in [0.15, 0.2) is 17.1 Å². The van der Waals surface area contributed by atoms with Gasteiger partial charge in [-0.3, -0.25) is 0 Å². The number of hydrogen-bond donors (Lipinski definition) is 2. The number of ether oxygens (including phenoxy) is 1. The molecule has 0 aliphatic carbocycles. The van der Waals surface area contributed by atoms with Crippen molar-refractivity contribution in [2.24, 2.45) is 10.2 Å². The lowest BCUT2D eigenvalue weighted by atomic mass is 10.3. The average molecular weight is 301 g/mol. The van der Waals surface area contributed by atoms with E-state index in [9.17, 15) is 5.11 Å². The molecule has 21 heavy (non-hydrogen) atoms. The number of phenols is 1. The number of oxazole rings is 1. The Kier molecular flexibility index (Phi) is 3.49. The maximum atomic E-state index is 9.97. The predicted octanol–water partition coefficient (Wildman–Crippen LogP) is 4.25. The molecule has 0 atom stereocenters. The Morgan fingerprint density at radius 2 is 2.05 bits per heavy atom. The summed E-state index contributed by atoms with van der Waals surface area (Å²) >= 11 is 4.21. The van der Waals surface area contributed by atoms with E-state index in [1.807, 2.05) is 18.2 Å². The molecule has 0 amide bonds. The van der Waals surface area contributed by atoms with Gasteiger partial charge in [-0.1, -0.05) is 17.2 Å². The Bertz CT molecular complexity index is 796. The normalized spacial score (nSPS) is 11.3. The number of fused-ring (bicyclic) bond motifs is 1. The fraction of sp³-hybridized carbons (Fsp3) is 0.0714. The number of aromatic hydroxyl groups is 1. The van der Waals surface area contributed by atoms with Gasteiger partial charge in [0.2, 0.25) is 0 Å². The van der Waals surface area contributed by atoms with Crippen molar-refractivity contribution in [2.45, 2.75) is 4.90 Å². The van der Waals surface area contributed by atoms with Gasteiger partial charge in [0.1, 0.15) is 11.2 Å². The zero-order valence-corrected chi connectivity index (χ0v) is 11.9. The first-order valence-electron chi connectivity index (χ1n) is 6.04. The summed E-state index contributed by atoms with van der Waals surface area (Å²) in [4.78, 5) is 4.76. The van der Waals surface area contributed by atoms with Crippen molar-refractivity contribution in [3.63, 3.8) is 0 Å². The molecule has 106 valence electrons. The number of rotatable bonds is 3. The van der Waals surface area contributed by atoms with Crippen LogP contribution in [-0.4, -0.2) is 17.2 Å². The quantitative estimate of drug-likeness (QED) is 0.560. The predicted molar refractivity (Wildman–Crippen MR) is 80.1 cm³/mol. The van der Waals surface area contributed by atoms with Crippen molar-refractivity contribution in [3.05, 3.63) is 36.4 Å². The van der Waals surface area contributed by atoms with E-state index in [2.05, 4.69) is 27.8 Å². The van der Waals surface area contributed by atoms with Crippen LogP contribution >= 0.6 is 12.6 Å². The monoisotopic (exact) mass is 301 g/mol. The SMILES string of the molecule is COc1cc(S)cc(N=Nc2nc3ccccc3o2)c1O. The van der Waals surface area contributed by atoms with Crippen LogP contribution in [-0.2, 0) is 0 Å². The number of aromatic nitrogens is 1. The van der Waals surface area contributed by atoms with E-state index in [4.69, 9.17) is 9.15 Å². The Balaban J connectivity index is 1.97. The van der Waals surface area contributed by atoms with Gasteiger partial charge in [-0.15, -0.1) is 17.7 Å². The van der Waals surface area contributed by atoms with Crippen LogP contribution in [0.4, 0.5) is 11.7 Å². The van der Waals surface area contributed by atoms with Crippen molar-refractivity contribution in [1.82, 2.24) is 4.98 Å². The molecule has 7 heteroatoms. The molecule has 6 nitrogen and oxygen atoms in total. The van der Waals surface area contributed by atoms with Gasteiger partial charge in [0.05, 0.1) is 7.11 Å². The molecule has 0 aliphatic heterocycles. The molecule has 2 aromatic carbocycles. The molecule has 0 saturated carbocycles. The molecule has 1 heterocycles. The first-order chi connectivity index (χ1) is 10.2. The minimum atomic E-state index is -0.116. The summed E-state index contributed by atoms with van der Waals surface area (Å²) in [5, 5.41) is 17.8. The van der Waals surface area contributed by atoms with Gasteiger partial charge >= 0.3 is 6.01 Å². The third kappa shape index (κ3) is 2.68. The van der Waals surface area contributed by atoms with E-state index in [1.54, 1.807) is 18.2 Å². The van der Waals surface area contributed by atoms with E-state index in [-0.39, 0.29) is 23.2 Å². The second kappa shape index (κ2) is 5.45. The molecule has 3 aromatic rings. The summed E-state index contributed by atoms with van der Waals surface area (Å²) in [5.41, 5.74) is 1.54. The molecular weight excluding hydrogens is 290 g/mol. The van der Waals surface area contributed by atoms with Gasteiger partial charge in [-0.25, -0.2) is 0 Å². The summed E-state index contributed by atoms with van der Waals surface area (Å²) in [6.45, 7) is 0. The number of para-hydroxylation sites is 2. The molecule has 0 fully saturated rings. The number of methoxy groups -OCH3 is 1. The smallest absolute Gasteiger partial charge is 0.341 e. The Morgan fingerprint density at radius 3 is 2.81 bits per heavy atom. The molecule has 1 N–H and O–H groups in total. The topological polar surface area (TPSA) is 80.2 Å². The van der Waals surface area contributed by atoms with Crippen LogP contribution in [0.3, 0.4) is 0 Å². The van der Waals surface area contributed by atoms with Crippen molar-refractivity contribution < 1.29 is 14.3 Å². The number of thiol groups is 1. The maximum Gasteiger partial charge on any atom is 0.341 e. The third-order valence-corrected chi connectivity index (χ3v) is 3.04. The van der Waals surface area contributed by atoms with Crippen LogP contribution in [0.2, 0.25) is 0 Å². The zero-order valence-electron chi connectivity index (χ0n) is 11.0. The van der Waals surface area contributed by atoms with Crippen LogP contribution in [0.5, 0.6) is 11.5 Å². The summed E-state index contributed by atoms with van der Waals surface area (Å²) < 4.78 is 10.4. The zero-order chi connectivity index (χ0) is 14.8. The van der Waals surface area contributed by atoms with E-state index in [0.717, 1.165) is 0 Å². The van der Waals surface area contributed by atoms with Crippen LogP contribution in [0.1, 0.15) is 0 Å². The first kappa shape index (κ1) is 13.4. The number of nitrogens with zero attached hydrogens (tertiary/aromatic N) is 3. The van der Waals surface area contributed by atoms with Gasteiger partial charge in [-0.2, -0.15) is 4.98 Å². The molecule has 0 unspecified atom stereocenters. The Labute approximate surface area is 125 Å². The maximum absolute atomic E-state index is 9.97. The molecule has 0 spiro atoms. The standard InChI is InChI=1S/C14H11N3O3S/c1-19-12-7-8(21)6-10(13(12)18)16-17-14-15-9-4-2-3-5-11(9)20-14/h2-7,18,21H,1H3. The van der Waals surface area contributed by atoms with Crippen LogP contribution in [0.25, 0.3) is 11.1 Å². The third-order valence-electron chi connectivity index (χ3n) is 2.79. The lowest BCUT2D eigenvalue weighted by Crippen LogP contribution is -1.83. The number of benzene rings is 2. The molecule has 3 rings (SSSR count). The summed E-state index contributed by atoms with van der Waals surface area (Å²) in [6.07, 6.45) is 0. The first-order valence-corrected chi connectivity index (χ1v) is 6.49. The van der Waals surface area contributed by atoms with E-state index in [0.29, 0.717) is 16.0 Å². The highest BCUT2D eigenvalue weighted by Crippen LogP contribution is 2.39. The highest BCUT2D eigenvalue weighted by Gasteiger charge is 2.10. The fourth-order valence-corrected chi connectivity index (χ4v) is 2.05. The summed E-state index contributed by atoms with van der Waals surface area (Å²) in [6, 6.07) is 10.6. The minimum absolute atomic E-state index is 0.110. The average Bonchev–Trinajstić information content (AvgIpc) is 2.90. The number of azo groups is 1. The van der Waals surface area contributed by atoms with Gasteiger partial charge in [0, 0.05) is 4.90 Å². The van der Waals surface area contributed by atoms with Gasteiger partial charge in [0.25, 0.3) is 0 Å². The highest BCUT2D eigenvalue weighted by atomic mass is 32.1. The second-order valence-corrected chi connectivity index (χ2v) is 4.70. The fourth-order valence-electron chi connectivity index (χ4n) is 1.81. The Morgan fingerprint density at radius 1 is 1.24 bits per heavy atom. The summed E-state index contributed by atoms with van der Waals surface area (Å²) in [7, 11) is 1.45. The Hall–Kier alpha value is -2.54. The van der Waals surface area contributed by atoms with Gasteiger partial charge in [-0.05, 0) is 24.3 Å². The molecule has 0 aliphatic rings. The van der Waals surface area contributed by atoms with Crippen molar-refractivity contribution >= 4 is 35.4 Å². The molecule has 1 aromatic heterocycles. The minimum Gasteiger partial charge on any atom is -0.503 e. The highest BCUT2D eigenvalue weighted by molar-refractivity contribution is 7.80. The molecule has 0 bridgehead atoms. The largest absolute Gasteiger partial charge is 0.503 e. The van der Waals surface area contributed by atoms with E-state index < -0.39 is 0 Å². The van der Waals surface area contributed by atoms with E-state index in [1.165, 1.54) is 7.11 Å².